The number of nitrogens with zero attached hydrogens (tertiary/aromatic N) is 3. The van der Waals surface area contributed by atoms with E-state index in [4.69, 9.17) is 10.5 Å². The number of hydrogen-bond donors (Lipinski definition) is 1. The van der Waals surface area contributed by atoms with Crippen LogP contribution in [-0.2, 0) is 6.42 Å². The van der Waals surface area contributed by atoms with Gasteiger partial charge in [-0.2, -0.15) is 5.11 Å². The normalized spacial score (nSPS) is 12.3. The van der Waals surface area contributed by atoms with Gasteiger partial charge in [0.15, 0.2) is 0 Å². The quantitative estimate of drug-likeness (QED) is 0.533. The number of pyridine rings is 2. The molecular formula is C20H16N4. The lowest BCUT2D eigenvalue weighted by molar-refractivity contribution is 0.648. The van der Waals surface area contributed by atoms with Gasteiger partial charge in [0.25, 0.3) is 0 Å². The maximum Gasteiger partial charge on any atom is 0.116 e. The smallest absolute Gasteiger partial charge is 0.116 e. The molecule has 0 amide bonds. The first-order chi connectivity index (χ1) is 11.8. The second-order valence-corrected chi connectivity index (χ2v) is 5.77. The van der Waals surface area contributed by atoms with E-state index in [0.717, 1.165) is 33.1 Å². The van der Waals surface area contributed by atoms with Gasteiger partial charge >= 0.3 is 0 Å². The zero-order chi connectivity index (χ0) is 16.4. The van der Waals surface area contributed by atoms with Gasteiger partial charge in [0, 0.05) is 23.4 Å². The van der Waals surface area contributed by atoms with Crippen molar-refractivity contribution in [2.24, 2.45) is 5.11 Å². The highest BCUT2D eigenvalue weighted by Crippen LogP contribution is 2.26. The Morgan fingerprint density at radius 1 is 0.875 bits per heavy atom. The van der Waals surface area contributed by atoms with Crippen LogP contribution in [0, 0.1) is 5.53 Å². The second-order valence-electron chi connectivity index (χ2n) is 5.77. The molecule has 4 rings (SSSR count). The Labute approximate surface area is 139 Å². The lowest BCUT2D eigenvalue weighted by atomic mass is 9.99. The van der Waals surface area contributed by atoms with Gasteiger partial charge in [-0.25, -0.2) is 5.53 Å². The van der Waals surface area contributed by atoms with Gasteiger partial charge < -0.3 is 0 Å². The predicted octanol–water partition coefficient (Wildman–Crippen LogP) is 5.10. The van der Waals surface area contributed by atoms with Crippen molar-refractivity contribution in [3.8, 4) is 0 Å². The maximum atomic E-state index is 7.63. The van der Waals surface area contributed by atoms with E-state index in [-0.39, 0.29) is 6.04 Å². The van der Waals surface area contributed by atoms with Crippen LogP contribution in [0.4, 0.5) is 0 Å². The SMILES string of the molecule is N=NC(Cc1ccnc2ccccc12)c1ccc2ccccc2n1. The van der Waals surface area contributed by atoms with Crippen LogP contribution in [0.15, 0.2) is 78.0 Å². The maximum absolute atomic E-state index is 7.63. The average molecular weight is 312 g/mol. The molecule has 1 unspecified atom stereocenters. The summed E-state index contributed by atoms with van der Waals surface area (Å²) in [6.07, 6.45) is 2.45. The minimum absolute atomic E-state index is 0.291. The van der Waals surface area contributed by atoms with E-state index in [1.54, 1.807) is 0 Å². The van der Waals surface area contributed by atoms with Crippen molar-refractivity contribution >= 4 is 21.8 Å². The summed E-state index contributed by atoms with van der Waals surface area (Å²) in [5.74, 6) is 0. The first-order valence-corrected chi connectivity index (χ1v) is 7.90. The first-order valence-electron chi connectivity index (χ1n) is 7.90. The fourth-order valence-electron chi connectivity index (χ4n) is 3.03. The van der Waals surface area contributed by atoms with Gasteiger partial charge in [-0.1, -0.05) is 42.5 Å². The Hall–Kier alpha value is -3.14. The van der Waals surface area contributed by atoms with Gasteiger partial charge in [0.1, 0.15) is 6.04 Å². The summed E-state index contributed by atoms with van der Waals surface area (Å²) in [6.45, 7) is 0. The Bertz CT molecular complexity index is 1020. The van der Waals surface area contributed by atoms with Crippen molar-refractivity contribution < 1.29 is 0 Å². The van der Waals surface area contributed by atoms with Crippen LogP contribution < -0.4 is 0 Å². The molecule has 0 spiro atoms. The fraction of sp³-hybridized carbons (Fsp3) is 0.100. The third-order valence-electron chi connectivity index (χ3n) is 4.27. The van der Waals surface area contributed by atoms with E-state index < -0.39 is 0 Å². The molecule has 4 nitrogen and oxygen atoms in total. The summed E-state index contributed by atoms with van der Waals surface area (Å²) in [5.41, 5.74) is 11.5. The Morgan fingerprint density at radius 3 is 2.54 bits per heavy atom. The first kappa shape index (κ1) is 14.5. The minimum atomic E-state index is -0.291. The number of para-hydroxylation sites is 2. The molecule has 4 heteroatoms. The molecule has 0 saturated carbocycles. The lowest BCUT2D eigenvalue weighted by Gasteiger charge is -2.13. The molecule has 1 N–H and O–H groups in total. The van der Waals surface area contributed by atoms with Gasteiger partial charge in [-0.3, -0.25) is 9.97 Å². The highest BCUT2D eigenvalue weighted by atomic mass is 15.0. The Balaban J connectivity index is 1.73. The van der Waals surface area contributed by atoms with Crippen molar-refractivity contribution in [1.29, 1.82) is 5.53 Å². The van der Waals surface area contributed by atoms with Gasteiger partial charge in [0.2, 0.25) is 0 Å². The summed E-state index contributed by atoms with van der Waals surface area (Å²) in [4.78, 5) is 9.09. The van der Waals surface area contributed by atoms with E-state index in [1.807, 2.05) is 66.9 Å². The van der Waals surface area contributed by atoms with E-state index in [2.05, 4.69) is 16.2 Å². The monoisotopic (exact) mass is 312 g/mol. The third kappa shape index (κ3) is 2.63. The van der Waals surface area contributed by atoms with Crippen LogP contribution in [0.1, 0.15) is 17.3 Å². The van der Waals surface area contributed by atoms with Crippen molar-refractivity contribution in [1.82, 2.24) is 9.97 Å². The molecule has 116 valence electrons. The van der Waals surface area contributed by atoms with E-state index in [0.29, 0.717) is 6.42 Å². The van der Waals surface area contributed by atoms with E-state index >= 15 is 0 Å². The molecule has 0 aliphatic carbocycles. The molecule has 0 fully saturated rings. The third-order valence-corrected chi connectivity index (χ3v) is 4.27. The molecule has 1 atom stereocenters. The minimum Gasteiger partial charge on any atom is -0.256 e. The standard InChI is InChI=1S/C20H16N4/c21-24-20(19-10-9-14-5-1-3-7-17(14)23-19)13-15-11-12-22-18-8-4-2-6-16(15)18/h1-12,20-21H,13H2. The van der Waals surface area contributed by atoms with Gasteiger partial charge in [-0.15, -0.1) is 0 Å². The van der Waals surface area contributed by atoms with E-state index in [1.165, 1.54) is 0 Å². The summed E-state index contributed by atoms with van der Waals surface area (Å²) in [5, 5.41) is 6.04. The van der Waals surface area contributed by atoms with Gasteiger partial charge in [-0.05, 0) is 29.8 Å². The number of aromatic nitrogens is 2. The van der Waals surface area contributed by atoms with Crippen LogP contribution in [-0.4, -0.2) is 9.97 Å². The fourth-order valence-corrected chi connectivity index (χ4v) is 3.03. The number of hydrogen-bond acceptors (Lipinski definition) is 4. The summed E-state index contributed by atoms with van der Waals surface area (Å²) in [7, 11) is 0. The average Bonchev–Trinajstić information content (AvgIpc) is 2.66. The van der Waals surface area contributed by atoms with Crippen LogP contribution in [0.5, 0.6) is 0 Å². The van der Waals surface area contributed by atoms with Crippen molar-refractivity contribution in [2.45, 2.75) is 12.5 Å². The topological polar surface area (TPSA) is 62.0 Å². The van der Waals surface area contributed by atoms with E-state index in [9.17, 15) is 0 Å². The number of rotatable bonds is 4. The molecule has 0 radical (unpaired) electrons. The molecule has 2 heterocycles. The van der Waals surface area contributed by atoms with Crippen molar-refractivity contribution in [2.75, 3.05) is 0 Å². The lowest BCUT2D eigenvalue weighted by Crippen LogP contribution is -2.03. The predicted molar refractivity (Wildman–Crippen MR) is 95.1 cm³/mol. The van der Waals surface area contributed by atoms with Crippen molar-refractivity contribution in [3.05, 3.63) is 84.2 Å². The van der Waals surface area contributed by atoms with Gasteiger partial charge in [0.05, 0.1) is 16.7 Å². The summed E-state index contributed by atoms with van der Waals surface area (Å²) < 4.78 is 0. The zero-order valence-electron chi connectivity index (χ0n) is 13.1. The van der Waals surface area contributed by atoms with Crippen LogP contribution in [0.25, 0.3) is 21.8 Å². The molecule has 2 aromatic carbocycles. The highest BCUT2D eigenvalue weighted by Gasteiger charge is 2.15. The number of benzene rings is 2. The molecule has 0 bridgehead atoms. The number of fused-ring (bicyclic) bond motifs is 2. The summed E-state index contributed by atoms with van der Waals surface area (Å²) in [6, 6.07) is 21.8. The molecule has 0 aliphatic rings. The molecule has 4 aromatic rings. The Kier molecular flexibility index (Phi) is 3.71. The van der Waals surface area contributed by atoms with Crippen molar-refractivity contribution in [3.63, 3.8) is 0 Å². The summed E-state index contributed by atoms with van der Waals surface area (Å²) >= 11 is 0. The molecular weight excluding hydrogens is 296 g/mol. The number of nitrogens with one attached hydrogen (secondary N) is 1. The molecule has 0 saturated heterocycles. The van der Waals surface area contributed by atoms with Crippen LogP contribution >= 0.6 is 0 Å². The largest absolute Gasteiger partial charge is 0.256 e. The zero-order valence-corrected chi connectivity index (χ0v) is 13.1. The second kappa shape index (κ2) is 6.16. The van der Waals surface area contributed by atoms with Crippen LogP contribution in [0.3, 0.4) is 0 Å². The highest BCUT2D eigenvalue weighted by molar-refractivity contribution is 5.82. The molecule has 24 heavy (non-hydrogen) atoms. The van der Waals surface area contributed by atoms with Crippen LogP contribution in [0.2, 0.25) is 0 Å². The molecule has 0 aliphatic heterocycles. The Morgan fingerprint density at radius 2 is 1.67 bits per heavy atom. The molecule has 2 aromatic heterocycles.